The maximum atomic E-state index is 11.2. The summed E-state index contributed by atoms with van der Waals surface area (Å²) in [4.78, 5) is 11.2. The smallest absolute Gasteiger partial charge is 0.131 e. The fourth-order valence-corrected chi connectivity index (χ4v) is 2.40. The van der Waals surface area contributed by atoms with Gasteiger partial charge in [0.05, 0.1) is 5.92 Å². The highest BCUT2D eigenvalue weighted by molar-refractivity contribution is 9.10. The standard InChI is InChI=1S/C16H11BrO2/c17-13-7-5-11(6-8-13)16-9-12(10-18)14-3-1-2-4-15(14)19-16/h1-10,12H. The van der Waals surface area contributed by atoms with Crippen LogP contribution in [0.5, 0.6) is 5.75 Å². The lowest BCUT2D eigenvalue weighted by Gasteiger charge is -2.21. The largest absolute Gasteiger partial charge is 0.457 e. The van der Waals surface area contributed by atoms with Crippen molar-refractivity contribution in [3.8, 4) is 5.75 Å². The van der Waals surface area contributed by atoms with Crippen molar-refractivity contribution in [2.75, 3.05) is 0 Å². The molecule has 94 valence electrons. The molecule has 0 aromatic heterocycles. The average Bonchev–Trinajstić information content (AvgIpc) is 2.47. The number of para-hydroxylation sites is 1. The molecule has 0 bridgehead atoms. The van der Waals surface area contributed by atoms with Crippen LogP contribution in [0.2, 0.25) is 0 Å². The normalized spacial score (nSPS) is 17.1. The van der Waals surface area contributed by atoms with Gasteiger partial charge in [-0.1, -0.05) is 46.3 Å². The van der Waals surface area contributed by atoms with Gasteiger partial charge in [0.2, 0.25) is 0 Å². The van der Waals surface area contributed by atoms with Crippen LogP contribution in [0, 0.1) is 0 Å². The molecule has 0 saturated heterocycles. The summed E-state index contributed by atoms with van der Waals surface area (Å²) < 4.78 is 6.89. The van der Waals surface area contributed by atoms with E-state index in [-0.39, 0.29) is 5.92 Å². The van der Waals surface area contributed by atoms with Crippen LogP contribution >= 0.6 is 15.9 Å². The third kappa shape index (κ3) is 2.34. The summed E-state index contributed by atoms with van der Waals surface area (Å²) in [6, 6.07) is 15.5. The minimum atomic E-state index is -0.247. The maximum Gasteiger partial charge on any atom is 0.131 e. The van der Waals surface area contributed by atoms with Crippen molar-refractivity contribution in [1.82, 2.24) is 0 Å². The Morgan fingerprint density at radius 2 is 1.79 bits per heavy atom. The third-order valence-electron chi connectivity index (χ3n) is 3.10. The quantitative estimate of drug-likeness (QED) is 0.778. The zero-order valence-corrected chi connectivity index (χ0v) is 11.6. The van der Waals surface area contributed by atoms with Crippen molar-refractivity contribution in [2.24, 2.45) is 0 Å². The third-order valence-corrected chi connectivity index (χ3v) is 3.63. The lowest BCUT2D eigenvalue weighted by atomic mass is 9.95. The van der Waals surface area contributed by atoms with Gasteiger partial charge in [0, 0.05) is 15.6 Å². The van der Waals surface area contributed by atoms with Crippen molar-refractivity contribution < 1.29 is 9.53 Å². The van der Waals surface area contributed by atoms with Crippen molar-refractivity contribution in [3.63, 3.8) is 0 Å². The first-order valence-electron chi connectivity index (χ1n) is 5.98. The second-order valence-electron chi connectivity index (χ2n) is 4.34. The van der Waals surface area contributed by atoms with E-state index < -0.39 is 0 Å². The van der Waals surface area contributed by atoms with E-state index in [2.05, 4.69) is 15.9 Å². The molecule has 1 atom stereocenters. The molecule has 1 unspecified atom stereocenters. The number of rotatable bonds is 2. The molecule has 0 spiro atoms. The van der Waals surface area contributed by atoms with Crippen LogP contribution in [-0.4, -0.2) is 6.29 Å². The molecule has 1 aliphatic rings. The first-order valence-corrected chi connectivity index (χ1v) is 6.77. The van der Waals surface area contributed by atoms with Gasteiger partial charge in [0.25, 0.3) is 0 Å². The number of carbonyl (C=O) groups is 1. The van der Waals surface area contributed by atoms with E-state index in [9.17, 15) is 4.79 Å². The molecule has 2 aromatic rings. The molecule has 0 fully saturated rings. The predicted molar refractivity (Wildman–Crippen MR) is 78.0 cm³/mol. The van der Waals surface area contributed by atoms with Crippen LogP contribution in [0.25, 0.3) is 5.76 Å². The number of aldehydes is 1. The molecule has 19 heavy (non-hydrogen) atoms. The van der Waals surface area contributed by atoms with Gasteiger partial charge in [-0.2, -0.15) is 0 Å². The Kier molecular flexibility index (Phi) is 3.22. The summed E-state index contributed by atoms with van der Waals surface area (Å²) in [6.45, 7) is 0. The Balaban J connectivity index is 2.03. The van der Waals surface area contributed by atoms with Gasteiger partial charge in [-0.3, -0.25) is 0 Å². The predicted octanol–water partition coefficient (Wildman–Crippen LogP) is 4.17. The molecule has 0 aliphatic carbocycles. The summed E-state index contributed by atoms with van der Waals surface area (Å²) in [7, 11) is 0. The highest BCUT2D eigenvalue weighted by Gasteiger charge is 2.21. The summed E-state index contributed by atoms with van der Waals surface area (Å²) in [5.74, 6) is 1.23. The van der Waals surface area contributed by atoms with Crippen LogP contribution in [0.4, 0.5) is 0 Å². The van der Waals surface area contributed by atoms with Crippen LogP contribution in [0.1, 0.15) is 17.0 Å². The minimum Gasteiger partial charge on any atom is -0.457 e. The Morgan fingerprint density at radius 1 is 1.05 bits per heavy atom. The molecular formula is C16H11BrO2. The summed E-state index contributed by atoms with van der Waals surface area (Å²) in [5, 5.41) is 0. The first-order chi connectivity index (χ1) is 9.28. The van der Waals surface area contributed by atoms with Gasteiger partial charge < -0.3 is 9.53 Å². The van der Waals surface area contributed by atoms with Gasteiger partial charge >= 0.3 is 0 Å². The van der Waals surface area contributed by atoms with E-state index >= 15 is 0 Å². The SMILES string of the molecule is O=CC1C=C(c2ccc(Br)cc2)Oc2ccccc21. The lowest BCUT2D eigenvalue weighted by molar-refractivity contribution is -0.108. The molecule has 0 saturated carbocycles. The zero-order valence-electron chi connectivity index (χ0n) is 10.0. The van der Waals surface area contributed by atoms with Gasteiger partial charge in [-0.15, -0.1) is 0 Å². The molecule has 3 rings (SSSR count). The van der Waals surface area contributed by atoms with Gasteiger partial charge in [0.15, 0.2) is 0 Å². The molecule has 0 amide bonds. The lowest BCUT2D eigenvalue weighted by Crippen LogP contribution is -2.09. The highest BCUT2D eigenvalue weighted by Crippen LogP contribution is 2.36. The van der Waals surface area contributed by atoms with Crippen molar-refractivity contribution in [2.45, 2.75) is 5.92 Å². The maximum absolute atomic E-state index is 11.2. The molecule has 1 heterocycles. The molecule has 2 aromatic carbocycles. The number of allylic oxidation sites excluding steroid dienone is 1. The summed E-state index contributed by atoms with van der Waals surface area (Å²) in [6.07, 6.45) is 2.80. The Morgan fingerprint density at radius 3 is 2.53 bits per heavy atom. The number of halogens is 1. The van der Waals surface area contributed by atoms with E-state index in [1.54, 1.807) is 0 Å². The number of fused-ring (bicyclic) bond motifs is 1. The Hall–Kier alpha value is -1.87. The second-order valence-corrected chi connectivity index (χ2v) is 5.26. The van der Waals surface area contributed by atoms with Gasteiger partial charge in [-0.05, 0) is 24.3 Å². The van der Waals surface area contributed by atoms with Crippen molar-refractivity contribution >= 4 is 28.0 Å². The topological polar surface area (TPSA) is 26.3 Å². The second kappa shape index (κ2) is 5.02. The molecule has 0 radical (unpaired) electrons. The number of benzene rings is 2. The van der Waals surface area contributed by atoms with Crippen LogP contribution in [0.15, 0.2) is 59.1 Å². The molecule has 0 N–H and O–H groups in total. The molecular weight excluding hydrogens is 304 g/mol. The van der Waals surface area contributed by atoms with Crippen molar-refractivity contribution in [1.29, 1.82) is 0 Å². The van der Waals surface area contributed by atoms with E-state index in [1.807, 2.05) is 54.6 Å². The van der Waals surface area contributed by atoms with Crippen LogP contribution in [-0.2, 0) is 4.79 Å². The summed E-state index contributed by atoms with van der Waals surface area (Å²) >= 11 is 3.40. The molecule has 3 heteroatoms. The number of hydrogen-bond donors (Lipinski definition) is 0. The molecule has 1 aliphatic heterocycles. The van der Waals surface area contributed by atoms with Crippen LogP contribution < -0.4 is 4.74 Å². The van der Waals surface area contributed by atoms with Crippen molar-refractivity contribution in [3.05, 3.63) is 70.2 Å². The Labute approximate surface area is 119 Å². The summed E-state index contributed by atoms with van der Waals surface area (Å²) in [5.41, 5.74) is 1.88. The van der Waals surface area contributed by atoms with Gasteiger partial charge in [-0.25, -0.2) is 0 Å². The fraction of sp³-hybridized carbons (Fsp3) is 0.0625. The van der Waals surface area contributed by atoms with E-state index in [4.69, 9.17) is 4.74 Å². The Bertz CT molecular complexity index is 644. The van der Waals surface area contributed by atoms with E-state index in [0.29, 0.717) is 0 Å². The first kappa shape index (κ1) is 12.2. The van der Waals surface area contributed by atoms with Gasteiger partial charge in [0.1, 0.15) is 17.8 Å². The average molecular weight is 315 g/mol. The minimum absolute atomic E-state index is 0.247. The number of hydrogen-bond acceptors (Lipinski definition) is 2. The fourth-order valence-electron chi connectivity index (χ4n) is 2.14. The van der Waals surface area contributed by atoms with Crippen LogP contribution in [0.3, 0.4) is 0 Å². The zero-order chi connectivity index (χ0) is 13.2. The number of carbonyl (C=O) groups excluding carboxylic acids is 1. The van der Waals surface area contributed by atoms with E-state index in [1.165, 1.54) is 0 Å². The highest BCUT2D eigenvalue weighted by atomic mass is 79.9. The van der Waals surface area contributed by atoms with E-state index in [0.717, 1.165) is 33.4 Å². The monoisotopic (exact) mass is 314 g/mol. The molecule has 2 nitrogen and oxygen atoms in total. The number of ether oxygens (including phenoxy) is 1.